The third-order valence-corrected chi connectivity index (χ3v) is 5.74. The number of fused-ring (bicyclic) bond motifs is 1. The lowest BCUT2D eigenvalue weighted by Gasteiger charge is -2.17. The van der Waals surface area contributed by atoms with Gasteiger partial charge in [-0.05, 0) is 0 Å². The van der Waals surface area contributed by atoms with E-state index in [1.165, 1.54) is 14.2 Å². The first-order valence-electron chi connectivity index (χ1n) is 5.98. The van der Waals surface area contributed by atoms with Gasteiger partial charge in [-0.15, -0.1) is 11.3 Å². The first-order valence-corrected chi connectivity index (χ1v) is 10.2. The van der Waals surface area contributed by atoms with E-state index in [4.69, 9.17) is 18.9 Å². The van der Waals surface area contributed by atoms with Crippen LogP contribution in [0.1, 0.15) is 19.3 Å². The molecule has 110 valence electrons. The van der Waals surface area contributed by atoms with E-state index < -0.39 is 20.0 Å². The van der Waals surface area contributed by atoms with Crippen LogP contribution in [0.2, 0.25) is 13.1 Å². The molecule has 2 rings (SSSR count). The summed E-state index contributed by atoms with van der Waals surface area (Å²) < 4.78 is 20.9. The Kier molecular flexibility index (Phi) is 4.05. The second kappa shape index (κ2) is 5.45. The monoisotopic (exact) mass is 316 g/mol. The van der Waals surface area contributed by atoms with Crippen molar-refractivity contribution in [2.45, 2.75) is 13.1 Å². The van der Waals surface area contributed by atoms with E-state index in [1.54, 1.807) is 0 Å². The molecule has 0 radical (unpaired) electrons. The number of methoxy groups -OCH3 is 2. The molecule has 0 N–H and O–H groups in total. The molecule has 1 aliphatic heterocycles. The topological polar surface area (TPSA) is 71.1 Å². The lowest BCUT2D eigenvalue weighted by molar-refractivity contribution is 0.0593. The van der Waals surface area contributed by atoms with Crippen LogP contribution in [0, 0.1) is 0 Å². The van der Waals surface area contributed by atoms with Gasteiger partial charge in [0.05, 0.1) is 26.7 Å². The van der Waals surface area contributed by atoms with Crippen molar-refractivity contribution in [2.24, 2.45) is 0 Å². The Balaban J connectivity index is 2.51. The maximum absolute atomic E-state index is 11.8. The third-order valence-electron chi connectivity index (χ3n) is 2.78. The van der Waals surface area contributed by atoms with E-state index >= 15 is 0 Å². The van der Waals surface area contributed by atoms with Crippen LogP contribution in [-0.2, 0) is 9.47 Å². The molecule has 0 atom stereocenters. The minimum absolute atomic E-state index is 0.231. The maximum Gasteiger partial charge on any atom is 0.352 e. The van der Waals surface area contributed by atoms with E-state index in [0.29, 0.717) is 24.0 Å². The fourth-order valence-corrected chi connectivity index (χ4v) is 3.87. The number of hydrogen-bond donors (Lipinski definition) is 0. The highest BCUT2D eigenvalue weighted by Crippen LogP contribution is 2.44. The number of carbonyl (C=O) groups excluding carboxylic acids is 2. The molecule has 0 bridgehead atoms. The molecule has 0 aromatic carbocycles. The number of rotatable bonds is 2. The van der Waals surface area contributed by atoms with Gasteiger partial charge in [-0.25, -0.2) is 9.59 Å². The van der Waals surface area contributed by atoms with E-state index in [0.717, 1.165) is 11.3 Å². The summed E-state index contributed by atoms with van der Waals surface area (Å²) >= 11 is 0.966. The molecule has 1 aliphatic rings. The fraction of sp³-hybridized carbons (Fsp3) is 0.500. The van der Waals surface area contributed by atoms with Crippen molar-refractivity contribution in [1.82, 2.24) is 0 Å². The molecular formula is C12H16O6SSi. The average Bonchev–Trinajstić information content (AvgIpc) is 2.72. The van der Waals surface area contributed by atoms with Crippen molar-refractivity contribution < 1.29 is 28.5 Å². The molecule has 0 saturated heterocycles. The summed E-state index contributed by atoms with van der Waals surface area (Å²) in [5.41, 5.74) is 0. The van der Waals surface area contributed by atoms with Crippen molar-refractivity contribution >= 4 is 31.3 Å². The number of carbonyl (C=O) groups is 2. The first-order chi connectivity index (χ1) is 9.39. The summed E-state index contributed by atoms with van der Waals surface area (Å²) in [4.78, 5) is 24.1. The SMILES string of the molecule is COC(=O)c1sc(C(=O)OC)c2c1OC[Si](C)(C)CO2. The van der Waals surface area contributed by atoms with Crippen molar-refractivity contribution in [3.8, 4) is 11.5 Å². The summed E-state index contributed by atoms with van der Waals surface area (Å²) in [6.45, 7) is 4.22. The van der Waals surface area contributed by atoms with Crippen LogP contribution >= 0.6 is 11.3 Å². The number of ether oxygens (including phenoxy) is 4. The molecule has 0 aliphatic carbocycles. The van der Waals surface area contributed by atoms with Gasteiger partial charge in [-0.3, -0.25) is 0 Å². The first kappa shape index (κ1) is 14.9. The summed E-state index contributed by atoms with van der Waals surface area (Å²) in [7, 11) is 0.878. The molecule has 1 aromatic heterocycles. The van der Waals surface area contributed by atoms with Crippen molar-refractivity contribution in [3.63, 3.8) is 0 Å². The van der Waals surface area contributed by atoms with Gasteiger partial charge in [-0.1, -0.05) is 13.1 Å². The second-order valence-corrected chi connectivity index (χ2v) is 11.1. The number of thiophene rings is 1. The zero-order chi connectivity index (χ0) is 14.9. The van der Waals surface area contributed by atoms with Gasteiger partial charge >= 0.3 is 11.9 Å². The van der Waals surface area contributed by atoms with Crippen LogP contribution < -0.4 is 9.47 Å². The number of esters is 2. The summed E-state index contributed by atoms with van der Waals surface area (Å²) in [5.74, 6) is -0.515. The van der Waals surface area contributed by atoms with Gasteiger partial charge in [0, 0.05) is 0 Å². The van der Waals surface area contributed by atoms with Gasteiger partial charge < -0.3 is 18.9 Å². The third kappa shape index (κ3) is 2.66. The Morgan fingerprint density at radius 2 is 1.40 bits per heavy atom. The largest absolute Gasteiger partial charge is 0.492 e. The molecule has 1 aromatic rings. The zero-order valence-electron chi connectivity index (χ0n) is 11.8. The molecular weight excluding hydrogens is 300 g/mol. The summed E-state index contributed by atoms with van der Waals surface area (Å²) in [5, 5.41) is 0. The minimum Gasteiger partial charge on any atom is -0.492 e. The van der Waals surface area contributed by atoms with Crippen molar-refractivity contribution in [2.75, 3.05) is 26.7 Å². The van der Waals surface area contributed by atoms with Gasteiger partial charge in [0.15, 0.2) is 21.3 Å². The van der Waals surface area contributed by atoms with E-state index in [-0.39, 0.29) is 9.75 Å². The standard InChI is InChI=1S/C12H16O6SSi/c1-15-11(13)9-7-8(10(19-9)12(14)16-2)18-6-20(3,4)5-17-7/h5-6H2,1-4H3. The van der Waals surface area contributed by atoms with Gasteiger partial charge in [0.25, 0.3) is 0 Å². The Bertz CT molecular complexity index is 506. The van der Waals surface area contributed by atoms with Gasteiger partial charge in [-0.2, -0.15) is 0 Å². The average molecular weight is 316 g/mol. The second-order valence-electron chi connectivity index (χ2n) is 5.14. The highest BCUT2D eigenvalue weighted by atomic mass is 32.1. The zero-order valence-corrected chi connectivity index (χ0v) is 13.6. The van der Waals surface area contributed by atoms with Gasteiger partial charge in [0.2, 0.25) is 0 Å². The Hall–Kier alpha value is -1.54. The molecule has 0 amide bonds. The smallest absolute Gasteiger partial charge is 0.352 e. The molecule has 0 spiro atoms. The molecule has 0 fully saturated rings. The quantitative estimate of drug-likeness (QED) is 0.613. The van der Waals surface area contributed by atoms with E-state index in [9.17, 15) is 9.59 Å². The maximum atomic E-state index is 11.8. The van der Waals surface area contributed by atoms with Gasteiger partial charge in [0.1, 0.15) is 8.07 Å². The molecule has 8 heteroatoms. The van der Waals surface area contributed by atoms with E-state index in [2.05, 4.69) is 13.1 Å². The fourth-order valence-electron chi connectivity index (χ4n) is 1.69. The Morgan fingerprint density at radius 1 is 1.00 bits per heavy atom. The van der Waals surface area contributed by atoms with Crippen LogP contribution in [0.3, 0.4) is 0 Å². The highest BCUT2D eigenvalue weighted by Gasteiger charge is 2.36. The molecule has 2 heterocycles. The summed E-state index contributed by atoms with van der Waals surface area (Å²) in [6.07, 6.45) is 1.03. The molecule has 6 nitrogen and oxygen atoms in total. The predicted octanol–water partition coefficient (Wildman–Crippen LogP) is 1.88. The van der Waals surface area contributed by atoms with E-state index in [1.807, 2.05) is 0 Å². The lowest BCUT2D eigenvalue weighted by atomic mass is 10.3. The Labute approximate surface area is 121 Å². The van der Waals surface area contributed by atoms with Crippen LogP contribution in [0.5, 0.6) is 11.5 Å². The van der Waals surface area contributed by atoms with Crippen LogP contribution in [0.15, 0.2) is 0 Å². The Morgan fingerprint density at radius 3 is 1.75 bits per heavy atom. The van der Waals surface area contributed by atoms with Crippen LogP contribution in [0.25, 0.3) is 0 Å². The number of hydrogen-bond acceptors (Lipinski definition) is 7. The highest BCUT2D eigenvalue weighted by molar-refractivity contribution is 7.16. The molecule has 20 heavy (non-hydrogen) atoms. The normalized spacial score (nSPS) is 16.2. The van der Waals surface area contributed by atoms with Crippen molar-refractivity contribution in [1.29, 1.82) is 0 Å². The predicted molar refractivity (Wildman–Crippen MR) is 75.5 cm³/mol. The molecule has 0 unspecified atom stereocenters. The van der Waals surface area contributed by atoms with Crippen molar-refractivity contribution in [3.05, 3.63) is 9.75 Å². The summed E-state index contributed by atoms with van der Waals surface area (Å²) in [6, 6.07) is 0. The molecule has 0 saturated carbocycles. The van der Waals surface area contributed by atoms with Crippen LogP contribution in [-0.4, -0.2) is 46.7 Å². The minimum atomic E-state index is -1.68. The van der Waals surface area contributed by atoms with Crippen LogP contribution in [0.4, 0.5) is 0 Å². The lowest BCUT2D eigenvalue weighted by Crippen LogP contribution is -2.40.